The lowest BCUT2D eigenvalue weighted by Gasteiger charge is -2.33. The van der Waals surface area contributed by atoms with Gasteiger partial charge in [0.25, 0.3) is 0 Å². The average Bonchev–Trinajstić information content (AvgIpc) is 3.25. The van der Waals surface area contributed by atoms with Crippen molar-refractivity contribution in [3.05, 3.63) is 83.5 Å². The predicted molar refractivity (Wildman–Crippen MR) is 129 cm³/mol. The highest BCUT2D eigenvalue weighted by molar-refractivity contribution is 7.89. The summed E-state index contributed by atoms with van der Waals surface area (Å²) in [5.74, 6) is 1.14. The summed E-state index contributed by atoms with van der Waals surface area (Å²) in [6.45, 7) is 0.589. The van der Waals surface area contributed by atoms with E-state index < -0.39 is 22.4 Å². The molecular formula is C24H23N3O5S2. The first-order valence-corrected chi connectivity index (χ1v) is 12.9. The third-order valence-electron chi connectivity index (χ3n) is 5.63. The molecule has 5 rings (SSSR count). The standard InChI is InChI=1S/C24H23N3O5S2/c25-24(28)23-22(19-3-1-2-4-21(19)33-23)20-15-27(13-14-31-20)34(29,30)18-7-5-16(6-8-18)32-17-9-11-26-12-10-17/h1-12,20,24,28H,13-15,25H2/t20-,24?/m0/s1. The lowest BCUT2D eigenvalue weighted by Crippen LogP contribution is -2.42. The maximum Gasteiger partial charge on any atom is 0.243 e. The molecule has 1 aliphatic heterocycles. The minimum Gasteiger partial charge on any atom is -0.457 e. The molecule has 3 N–H and O–H groups in total. The van der Waals surface area contributed by atoms with Gasteiger partial charge in [-0.05, 0) is 47.9 Å². The molecule has 1 aliphatic rings. The Morgan fingerprint density at radius 2 is 1.79 bits per heavy atom. The number of pyridine rings is 1. The highest BCUT2D eigenvalue weighted by atomic mass is 32.2. The molecule has 1 fully saturated rings. The number of aromatic nitrogens is 1. The van der Waals surface area contributed by atoms with Crippen LogP contribution in [0.2, 0.25) is 0 Å². The summed E-state index contributed by atoms with van der Waals surface area (Å²) in [5.41, 5.74) is 6.58. The van der Waals surface area contributed by atoms with Crippen LogP contribution >= 0.6 is 11.3 Å². The van der Waals surface area contributed by atoms with E-state index in [0.29, 0.717) is 16.4 Å². The van der Waals surface area contributed by atoms with E-state index in [9.17, 15) is 13.5 Å². The highest BCUT2D eigenvalue weighted by Crippen LogP contribution is 2.40. The van der Waals surface area contributed by atoms with Crippen molar-refractivity contribution in [2.45, 2.75) is 17.2 Å². The fraction of sp³-hybridized carbons (Fsp3) is 0.208. The molecule has 1 saturated heterocycles. The number of hydrogen-bond donors (Lipinski definition) is 2. The number of thiophene rings is 1. The zero-order valence-electron chi connectivity index (χ0n) is 18.1. The molecule has 10 heteroatoms. The van der Waals surface area contributed by atoms with Gasteiger partial charge in [-0.2, -0.15) is 4.31 Å². The molecule has 2 aromatic carbocycles. The van der Waals surface area contributed by atoms with Crippen LogP contribution in [0.3, 0.4) is 0 Å². The van der Waals surface area contributed by atoms with Gasteiger partial charge in [-0.15, -0.1) is 11.3 Å². The fourth-order valence-corrected chi connectivity index (χ4v) is 6.59. The summed E-state index contributed by atoms with van der Waals surface area (Å²) >= 11 is 1.39. The summed E-state index contributed by atoms with van der Waals surface area (Å²) in [5, 5.41) is 11.1. The van der Waals surface area contributed by atoms with Crippen molar-refractivity contribution < 1.29 is 23.0 Å². The Morgan fingerprint density at radius 3 is 2.53 bits per heavy atom. The van der Waals surface area contributed by atoms with Crippen LogP contribution in [-0.4, -0.2) is 42.5 Å². The summed E-state index contributed by atoms with van der Waals surface area (Å²) in [6, 6.07) is 17.5. The molecule has 0 bridgehead atoms. The second-order valence-corrected chi connectivity index (χ2v) is 10.8. The van der Waals surface area contributed by atoms with E-state index in [1.807, 2.05) is 24.3 Å². The topological polar surface area (TPSA) is 115 Å². The molecule has 0 radical (unpaired) electrons. The molecule has 0 spiro atoms. The lowest BCUT2D eigenvalue weighted by molar-refractivity contribution is -0.00300. The third-order valence-corrected chi connectivity index (χ3v) is 8.77. The molecule has 3 heterocycles. The molecular weight excluding hydrogens is 474 g/mol. The third kappa shape index (κ3) is 4.43. The van der Waals surface area contributed by atoms with Gasteiger partial charge in [0.1, 0.15) is 17.7 Å². The van der Waals surface area contributed by atoms with Crippen LogP contribution in [0.1, 0.15) is 22.8 Å². The maximum absolute atomic E-state index is 13.4. The lowest BCUT2D eigenvalue weighted by atomic mass is 10.0. The van der Waals surface area contributed by atoms with E-state index in [2.05, 4.69) is 4.98 Å². The monoisotopic (exact) mass is 497 g/mol. The highest BCUT2D eigenvalue weighted by Gasteiger charge is 2.34. The first kappa shape index (κ1) is 22.9. The molecule has 0 saturated carbocycles. The van der Waals surface area contributed by atoms with Crippen LogP contribution in [0.5, 0.6) is 11.5 Å². The molecule has 2 atom stereocenters. The van der Waals surface area contributed by atoms with Crippen molar-refractivity contribution >= 4 is 31.4 Å². The number of nitrogens with two attached hydrogens (primary N) is 1. The number of aliphatic hydroxyl groups is 1. The van der Waals surface area contributed by atoms with Crippen molar-refractivity contribution in [1.29, 1.82) is 0 Å². The van der Waals surface area contributed by atoms with Crippen molar-refractivity contribution in [3.8, 4) is 11.5 Å². The molecule has 0 amide bonds. The largest absolute Gasteiger partial charge is 0.457 e. The van der Waals surface area contributed by atoms with E-state index in [-0.39, 0.29) is 24.6 Å². The minimum absolute atomic E-state index is 0.123. The minimum atomic E-state index is -3.76. The van der Waals surface area contributed by atoms with Gasteiger partial charge in [-0.3, -0.25) is 4.98 Å². The van der Waals surface area contributed by atoms with E-state index in [0.717, 1.165) is 15.6 Å². The first-order valence-electron chi connectivity index (χ1n) is 10.7. The number of morpholine rings is 1. The number of nitrogens with zero attached hydrogens (tertiary/aromatic N) is 2. The SMILES string of the molecule is NC(O)c1sc2ccccc2c1[C@@H]1CN(S(=O)(=O)c2ccc(Oc3ccncc3)cc2)CCO1. The Hall–Kier alpha value is -2.86. The number of ether oxygens (including phenoxy) is 2. The Morgan fingerprint density at radius 1 is 1.09 bits per heavy atom. The predicted octanol–water partition coefficient (Wildman–Crippen LogP) is 3.80. The number of rotatable bonds is 6. The molecule has 8 nitrogen and oxygen atoms in total. The quantitative estimate of drug-likeness (QED) is 0.389. The molecule has 0 aliphatic carbocycles. The second-order valence-electron chi connectivity index (χ2n) is 7.80. The summed E-state index contributed by atoms with van der Waals surface area (Å²) in [7, 11) is -3.76. The van der Waals surface area contributed by atoms with Crippen LogP contribution in [0.4, 0.5) is 0 Å². The summed E-state index contributed by atoms with van der Waals surface area (Å²) in [4.78, 5) is 4.70. The molecule has 2 aromatic heterocycles. The molecule has 34 heavy (non-hydrogen) atoms. The summed E-state index contributed by atoms with van der Waals surface area (Å²) in [6.07, 6.45) is 1.53. The fourth-order valence-electron chi connectivity index (χ4n) is 4.03. The first-order chi connectivity index (χ1) is 16.4. The summed E-state index contributed by atoms with van der Waals surface area (Å²) < 4.78 is 40.9. The van der Waals surface area contributed by atoms with Gasteiger partial charge in [0.05, 0.1) is 22.5 Å². The van der Waals surface area contributed by atoms with Crippen molar-refractivity contribution in [2.75, 3.05) is 19.7 Å². The molecule has 1 unspecified atom stereocenters. The van der Waals surface area contributed by atoms with E-state index in [1.165, 1.54) is 27.8 Å². The van der Waals surface area contributed by atoms with Crippen molar-refractivity contribution in [1.82, 2.24) is 9.29 Å². The second kappa shape index (κ2) is 9.41. The van der Waals surface area contributed by atoms with Crippen molar-refractivity contribution in [2.24, 2.45) is 5.73 Å². The zero-order valence-corrected chi connectivity index (χ0v) is 19.7. The van der Waals surface area contributed by atoms with Gasteiger partial charge in [0.15, 0.2) is 0 Å². The van der Waals surface area contributed by atoms with Gasteiger partial charge in [-0.25, -0.2) is 8.42 Å². The average molecular weight is 498 g/mol. The van der Waals surface area contributed by atoms with Crippen LogP contribution in [-0.2, 0) is 14.8 Å². The van der Waals surface area contributed by atoms with E-state index >= 15 is 0 Å². The van der Waals surface area contributed by atoms with Crippen LogP contribution in [0.25, 0.3) is 10.1 Å². The van der Waals surface area contributed by atoms with Gasteiger partial charge < -0.3 is 20.3 Å². The number of aliphatic hydroxyl groups excluding tert-OH is 1. The van der Waals surface area contributed by atoms with Gasteiger partial charge >= 0.3 is 0 Å². The zero-order chi connectivity index (χ0) is 23.7. The Balaban J connectivity index is 1.39. The van der Waals surface area contributed by atoms with Gasteiger partial charge in [-0.1, -0.05) is 18.2 Å². The van der Waals surface area contributed by atoms with Crippen LogP contribution < -0.4 is 10.5 Å². The maximum atomic E-state index is 13.4. The smallest absolute Gasteiger partial charge is 0.243 e. The van der Waals surface area contributed by atoms with Crippen molar-refractivity contribution in [3.63, 3.8) is 0 Å². The van der Waals surface area contributed by atoms with E-state index in [4.69, 9.17) is 15.2 Å². The van der Waals surface area contributed by atoms with Crippen LogP contribution in [0, 0.1) is 0 Å². The van der Waals surface area contributed by atoms with E-state index in [1.54, 1.807) is 36.7 Å². The Labute approximate surface area is 201 Å². The molecule has 4 aromatic rings. The Kier molecular flexibility index (Phi) is 6.34. The normalized spacial score (nSPS) is 18.1. The number of sulfonamides is 1. The van der Waals surface area contributed by atoms with Gasteiger partial charge in [0.2, 0.25) is 10.0 Å². The molecule has 176 valence electrons. The number of benzene rings is 2. The Bertz CT molecular complexity index is 1390. The van der Waals surface area contributed by atoms with Crippen LogP contribution in [0.15, 0.2) is 78.0 Å². The number of hydrogen-bond acceptors (Lipinski definition) is 8. The number of fused-ring (bicyclic) bond motifs is 1. The van der Waals surface area contributed by atoms with Gasteiger partial charge in [0, 0.05) is 35.7 Å².